The molecule has 0 amide bonds. The predicted octanol–water partition coefficient (Wildman–Crippen LogP) is 2.83. The third-order valence-corrected chi connectivity index (χ3v) is 1.78. The Morgan fingerprint density at radius 3 is 2.57 bits per heavy atom. The molecular formula is C11H11ClO2. The number of hydrogen-bond acceptors (Lipinski definition) is 2. The maximum Gasteiger partial charge on any atom is 0.287 e. The molecule has 0 fully saturated rings. The minimum Gasteiger partial charge on any atom is -0.489 e. The Labute approximate surface area is 88.1 Å². The van der Waals surface area contributed by atoms with Gasteiger partial charge in [0.25, 0.3) is 5.24 Å². The van der Waals surface area contributed by atoms with E-state index in [1.165, 1.54) is 0 Å². The predicted molar refractivity (Wildman–Crippen MR) is 56.9 cm³/mol. The largest absolute Gasteiger partial charge is 0.489 e. The summed E-state index contributed by atoms with van der Waals surface area (Å²) in [5, 5.41) is -0.573. The lowest BCUT2D eigenvalue weighted by Gasteiger charge is -2.02. The molecule has 0 aromatic heterocycles. The molecule has 2 nitrogen and oxygen atoms in total. The molecule has 3 heteroatoms. The first-order valence-electron chi connectivity index (χ1n) is 4.33. The van der Waals surface area contributed by atoms with Crippen LogP contribution in [0.3, 0.4) is 0 Å². The third-order valence-electron chi connectivity index (χ3n) is 1.59. The molecule has 0 N–H and O–H groups in total. The van der Waals surface area contributed by atoms with E-state index in [9.17, 15) is 4.79 Å². The van der Waals surface area contributed by atoms with Crippen molar-refractivity contribution in [3.63, 3.8) is 0 Å². The van der Waals surface area contributed by atoms with E-state index in [2.05, 4.69) is 0 Å². The highest BCUT2D eigenvalue weighted by Gasteiger charge is 2.05. The van der Waals surface area contributed by atoms with Gasteiger partial charge in [0.15, 0.2) is 5.76 Å². The van der Waals surface area contributed by atoms with Crippen LogP contribution in [-0.4, -0.2) is 11.8 Å². The second-order valence-electron chi connectivity index (χ2n) is 2.63. The first kappa shape index (κ1) is 10.8. The molecule has 1 aromatic carbocycles. The van der Waals surface area contributed by atoms with E-state index >= 15 is 0 Å². The minimum atomic E-state index is -0.573. The van der Waals surface area contributed by atoms with Crippen molar-refractivity contribution in [3.8, 4) is 0 Å². The van der Waals surface area contributed by atoms with Crippen LogP contribution in [0.2, 0.25) is 0 Å². The van der Waals surface area contributed by atoms with Gasteiger partial charge in [-0.05, 0) is 30.2 Å². The molecule has 0 unspecified atom stereocenters. The molecule has 1 aromatic rings. The Morgan fingerprint density at radius 1 is 1.43 bits per heavy atom. The van der Waals surface area contributed by atoms with Crippen molar-refractivity contribution in [1.82, 2.24) is 0 Å². The van der Waals surface area contributed by atoms with Gasteiger partial charge in [-0.15, -0.1) is 0 Å². The van der Waals surface area contributed by atoms with Crippen LogP contribution < -0.4 is 0 Å². The van der Waals surface area contributed by atoms with Gasteiger partial charge in [0.2, 0.25) is 0 Å². The number of allylic oxidation sites excluding steroid dienone is 1. The van der Waals surface area contributed by atoms with Crippen LogP contribution in [0.5, 0.6) is 0 Å². The van der Waals surface area contributed by atoms with Gasteiger partial charge in [-0.25, -0.2) is 0 Å². The molecular weight excluding hydrogens is 200 g/mol. The van der Waals surface area contributed by atoms with Gasteiger partial charge in [-0.1, -0.05) is 30.3 Å². The van der Waals surface area contributed by atoms with E-state index in [0.717, 1.165) is 5.56 Å². The molecule has 74 valence electrons. The van der Waals surface area contributed by atoms with E-state index in [0.29, 0.717) is 6.61 Å². The van der Waals surface area contributed by atoms with E-state index in [1.54, 1.807) is 13.0 Å². The number of rotatable bonds is 4. The van der Waals surface area contributed by atoms with Gasteiger partial charge in [-0.2, -0.15) is 0 Å². The maximum absolute atomic E-state index is 10.9. The summed E-state index contributed by atoms with van der Waals surface area (Å²) in [6, 6.07) is 9.42. The lowest BCUT2D eigenvalue weighted by Crippen LogP contribution is -1.98. The number of hydrogen-bond donors (Lipinski definition) is 0. The van der Waals surface area contributed by atoms with Crippen molar-refractivity contribution in [1.29, 1.82) is 0 Å². The summed E-state index contributed by atoms with van der Waals surface area (Å²) in [6.45, 7) is 2.23. The average molecular weight is 211 g/mol. The van der Waals surface area contributed by atoms with Gasteiger partial charge in [-0.3, -0.25) is 4.79 Å². The topological polar surface area (TPSA) is 26.3 Å². The van der Waals surface area contributed by atoms with E-state index < -0.39 is 5.24 Å². The molecule has 0 aliphatic carbocycles. The van der Waals surface area contributed by atoms with Crippen LogP contribution in [0.25, 0.3) is 6.08 Å². The van der Waals surface area contributed by atoms with Crippen molar-refractivity contribution >= 4 is 22.9 Å². The number of benzene rings is 1. The molecule has 1 rings (SSSR count). The first-order chi connectivity index (χ1) is 6.74. The standard InChI is InChI=1S/C11H11ClO2/c1-2-14-10(11(12)13)8-9-6-4-3-5-7-9/h3-8H,2H2,1H3. The Balaban J connectivity index is 2.88. The van der Waals surface area contributed by atoms with Crippen LogP contribution in [0, 0.1) is 0 Å². The number of carbonyl (C=O) groups is 1. The second-order valence-corrected chi connectivity index (χ2v) is 2.97. The molecule has 0 radical (unpaired) electrons. The monoisotopic (exact) mass is 210 g/mol. The fourth-order valence-corrected chi connectivity index (χ4v) is 1.12. The summed E-state index contributed by atoms with van der Waals surface area (Å²) >= 11 is 5.34. The molecule has 0 heterocycles. The van der Waals surface area contributed by atoms with E-state index in [-0.39, 0.29) is 5.76 Å². The quantitative estimate of drug-likeness (QED) is 0.434. The average Bonchev–Trinajstić information content (AvgIpc) is 2.18. The smallest absolute Gasteiger partial charge is 0.287 e. The number of halogens is 1. The second kappa shape index (κ2) is 5.45. The summed E-state index contributed by atoms with van der Waals surface area (Å²) in [5.41, 5.74) is 0.893. The zero-order valence-corrected chi connectivity index (χ0v) is 8.62. The Morgan fingerprint density at radius 2 is 2.07 bits per heavy atom. The lowest BCUT2D eigenvalue weighted by atomic mass is 10.2. The van der Waals surface area contributed by atoms with Crippen LogP contribution in [0.1, 0.15) is 12.5 Å². The molecule has 0 atom stereocenters. The van der Waals surface area contributed by atoms with Crippen molar-refractivity contribution in [2.45, 2.75) is 6.92 Å². The van der Waals surface area contributed by atoms with E-state index in [1.807, 2.05) is 30.3 Å². The Bertz CT molecular complexity index is 330. The maximum atomic E-state index is 10.9. The van der Waals surface area contributed by atoms with Gasteiger partial charge < -0.3 is 4.74 Å². The van der Waals surface area contributed by atoms with Gasteiger partial charge in [0.1, 0.15) is 0 Å². The van der Waals surface area contributed by atoms with Crippen LogP contribution in [-0.2, 0) is 9.53 Å². The fraction of sp³-hybridized carbons (Fsp3) is 0.182. The SMILES string of the molecule is CCOC(=Cc1ccccc1)C(=O)Cl. The third kappa shape index (κ3) is 3.23. The van der Waals surface area contributed by atoms with Crippen LogP contribution in [0.15, 0.2) is 36.1 Å². The highest BCUT2D eigenvalue weighted by molar-refractivity contribution is 6.67. The fourth-order valence-electron chi connectivity index (χ4n) is 1.01. The summed E-state index contributed by atoms with van der Waals surface area (Å²) < 4.78 is 5.09. The summed E-state index contributed by atoms with van der Waals surface area (Å²) in [7, 11) is 0. The highest BCUT2D eigenvalue weighted by Crippen LogP contribution is 2.10. The van der Waals surface area contributed by atoms with E-state index in [4.69, 9.17) is 16.3 Å². The zero-order valence-electron chi connectivity index (χ0n) is 7.87. The zero-order chi connectivity index (χ0) is 10.4. The van der Waals surface area contributed by atoms with Gasteiger partial charge in [0.05, 0.1) is 6.61 Å². The highest BCUT2D eigenvalue weighted by atomic mass is 35.5. The molecule has 0 saturated heterocycles. The minimum absolute atomic E-state index is 0.181. The Hall–Kier alpha value is -1.28. The molecule has 0 aliphatic heterocycles. The van der Waals surface area contributed by atoms with Crippen molar-refractivity contribution in [3.05, 3.63) is 41.7 Å². The molecule has 0 saturated carbocycles. The van der Waals surface area contributed by atoms with Crippen molar-refractivity contribution in [2.75, 3.05) is 6.61 Å². The van der Waals surface area contributed by atoms with Gasteiger partial charge in [0, 0.05) is 0 Å². The van der Waals surface area contributed by atoms with Gasteiger partial charge >= 0.3 is 0 Å². The number of carbonyl (C=O) groups excluding carboxylic acids is 1. The number of ether oxygens (including phenoxy) is 1. The summed E-state index contributed by atoms with van der Waals surface area (Å²) in [6.07, 6.45) is 1.62. The van der Waals surface area contributed by atoms with Crippen molar-refractivity contribution < 1.29 is 9.53 Å². The van der Waals surface area contributed by atoms with Crippen LogP contribution >= 0.6 is 11.6 Å². The summed E-state index contributed by atoms with van der Waals surface area (Å²) in [5.74, 6) is 0.181. The van der Waals surface area contributed by atoms with Crippen LogP contribution in [0.4, 0.5) is 0 Å². The molecule has 0 spiro atoms. The summed E-state index contributed by atoms with van der Waals surface area (Å²) in [4.78, 5) is 10.9. The first-order valence-corrected chi connectivity index (χ1v) is 4.71. The van der Waals surface area contributed by atoms with Crippen molar-refractivity contribution in [2.24, 2.45) is 0 Å². The molecule has 0 aliphatic rings. The Kier molecular flexibility index (Phi) is 4.20. The lowest BCUT2D eigenvalue weighted by molar-refractivity contribution is -0.111. The normalized spacial score (nSPS) is 11.1. The molecule has 0 bridgehead atoms. The molecule has 14 heavy (non-hydrogen) atoms.